The maximum absolute atomic E-state index is 14.1. The number of halogens is 2. The maximum Gasteiger partial charge on any atom is 0.372 e. The molecule has 0 saturated carbocycles. The molecule has 0 fully saturated rings. The van der Waals surface area contributed by atoms with E-state index in [1.165, 1.54) is 25.1 Å². The molecular weight excluding hydrogens is 526 g/mol. The second-order valence-electron chi connectivity index (χ2n) is 7.76. The van der Waals surface area contributed by atoms with Crippen molar-refractivity contribution in [3.8, 4) is 16.9 Å². The number of aromatic carboxylic acids is 1. The summed E-state index contributed by atoms with van der Waals surface area (Å²) in [7, 11) is 3.07. The van der Waals surface area contributed by atoms with Crippen molar-refractivity contribution in [2.75, 3.05) is 19.8 Å². The summed E-state index contributed by atoms with van der Waals surface area (Å²) in [6.45, 7) is 1.15. The van der Waals surface area contributed by atoms with Crippen LogP contribution in [-0.4, -0.2) is 70.9 Å². The van der Waals surface area contributed by atoms with Gasteiger partial charge in [0.05, 0.1) is 0 Å². The third-order valence-corrected chi connectivity index (χ3v) is 5.43. The highest BCUT2D eigenvalue weighted by Gasteiger charge is 2.24. The number of aliphatic imine (C=N–C) groups is 1. The van der Waals surface area contributed by atoms with E-state index in [0.717, 1.165) is 31.2 Å². The van der Waals surface area contributed by atoms with Crippen molar-refractivity contribution in [3.05, 3.63) is 53.6 Å². The van der Waals surface area contributed by atoms with E-state index in [4.69, 9.17) is 15.9 Å². The molecule has 0 heterocycles. The van der Waals surface area contributed by atoms with Gasteiger partial charge in [-0.25, -0.2) is 18.4 Å². The highest BCUT2D eigenvalue weighted by molar-refractivity contribution is 8.13. The Morgan fingerprint density at radius 2 is 1.87 bits per heavy atom. The fraction of sp³-hybridized carbons (Fsp3) is 0.217. The Bertz CT molecular complexity index is 1300. The van der Waals surface area contributed by atoms with Gasteiger partial charge in [0.1, 0.15) is 29.0 Å². The number of guanidine groups is 2. The van der Waals surface area contributed by atoms with Crippen LogP contribution in [0.5, 0.6) is 5.75 Å². The van der Waals surface area contributed by atoms with Crippen molar-refractivity contribution >= 4 is 46.8 Å². The Kier molecular flexibility index (Phi) is 10.3. The summed E-state index contributed by atoms with van der Waals surface area (Å²) in [5.74, 6) is -5.97. The average molecular weight is 551 g/mol. The van der Waals surface area contributed by atoms with Crippen molar-refractivity contribution < 1.29 is 37.8 Å². The van der Waals surface area contributed by atoms with Crippen molar-refractivity contribution in [3.63, 3.8) is 0 Å². The average Bonchev–Trinajstić information content (AvgIpc) is 2.81. The quantitative estimate of drug-likeness (QED) is 0.195. The van der Waals surface area contributed by atoms with Gasteiger partial charge in [-0.05, 0) is 41.6 Å². The van der Waals surface area contributed by atoms with Gasteiger partial charge in [-0.15, -0.1) is 0 Å². The smallest absolute Gasteiger partial charge is 0.372 e. The summed E-state index contributed by atoms with van der Waals surface area (Å²) in [6.07, 6.45) is 0. The molecule has 6 N–H and O–H groups in total. The topological polar surface area (TPSA) is 187 Å². The van der Waals surface area contributed by atoms with Gasteiger partial charge in [0.2, 0.25) is 23.7 Å². The predicted octanol–water partition coefficient (Wildman–Crippen LogP) is 1.99. The number of nitrogens with one attached hydrogen (secondary N) is 3. The van der Waals surface area contributed by atoms with E-state index in [0.29, 0.717) is 17.8 Å². The van der Waals surface area contributed by atoms with E-state index >= 15 is 0 Å². The van der Waals surface area contributed by atoms with Gasteiger partial charge in [0, 0.05) is 38.4 Å². The summed E-state index contributed by atoms with van der Waals surface area (Å²) in [5.41, 5.74) is 5.18. The third-order valence-electron chi connectivity index (χ3n) is 4.61. The SMILES string of the molecule is CC(=O)N[C@@H](CSC(=O)Oc1ccc(-c2ccc(F)cc2F)cc1C(=O)O)C(=O)N/C(N)=N/C(=N)N(C)C. The first-order valence-corrected chi connectivity index (χ1v) is 11.6. The zero-order valence-corrected chi connectivity index (χ0v) is 21.2. The predicted molar refractivity (Wildman–Crippen MR) is 136 cm³/mol. The second kappa shape index (κ2) is 13.1. The van der Waals surface area contributed by atoms with E-state index < -0.39 is 52.3 Å². The van der Waals surface area contributed by atoms with Crippen LogP contribution in [0.1, 0.15) is 17.3 Å². The van der Waals surface area contributed by atoms with Gasteiger partial charge >= 0.3 is 11.3 Å². The number of carboxylic acid groups (broad SMARTS) is 1. The molecule has 2 aromatic rings. The second-order valence-corrected chi connectivity index (χ2v) is 8.72. The van der Waals surface area contributed by atoms with Crippen LogP contribution in [0.25, 0.3) is 11.1 Å². The zero-order valence-electron chi connectivity index (χ0n) is 20.4. The maximum atomic E-state index is 14.1. The molecule has 2 aromatic carbocycles. The Morgan fingerprint density at radius 3 is 2.45 bits per heavy atom. The van der Waals surface area contributed by atoms with Crippen LogP contribution < -0.4 is 21.1 Å². The largest absolute Gasteiger partial charge is 0.478 e. The monoisotopic (exact) mass is 550 g/mol. The van der Waals surface area contributed by atoms with E-state index in [-0.39, 0.29) is 28.6 Å². The molecule has 0 radical (unpaired) electrons. The van der Waals surface area contributed by atoms with E-state index in [9.17, 15) is 33.1 Å². The molecule has 0 aliphatic carbocycles. The number of carbonyl (C=O) groups is 4. The lowest BCUT2D eigenvalue weighted by Crippen LogP contribution is -2.51. The van der Waals surface area contributed by atoms with E-state index in [1.807, 2.05) is 0 Å². The van der Waals surface area contributed by atoms with Crippen molar-refractivity contribution in [2.24, 2.45) is 10.7 Å². The zero-order chi connectivity index (χ0) is 28.6. The molecule has 15 heteroatoms. The van der Waals surface area contributed by atoms with Gasteiger partial charge in [0.25, 0.3) is 0 Å². The minimum Gasteiger partial charge on any atom is -0.478 e. The molecule has 1 atom stereocenters. The van der Waals surface area contributed by atoms with Gasteiger partial charge in [-0.2, -0.15) is 4.99 Å². The van der Waals surface area contributed by atoms with Gasteiger partial charge in [0.15, 0.2) is 0 Å². The lowest BCUT2D eigenvalue weighted by atomic mass is 10.0. The number of ether oxygens (including phenoxy) is 1. The highest BCUT2D eigenvalue weighted by atomic mass is 32.2. The summed E-state index contributed by atoms with van der Waals surface area (Å²) < 4.78 is 32.4. The fourth-order valence-corrected chi connectivity index (χ4v) is 3.52. The number of amides is 2. The van der Waals surface area contributed by atoms with Gasteiger partial charge in [-0.1, -0.05) is 6.07 Å². The van der Waals surface area contributed by atoms with Gasteiger partial charge in [-0.3, -0.25) is 20.3 Å². The van der Waals surface area contributed by atoms with E-state index in [1.54, 1.807) is 0 Å². The lowest BCUT2D eigenvalue weighted by molar-refractivity contribution is -0.126. The normalized spacial score (nSPS) is 11.8. The van der Waals surface area contributed by atoms with Crippen LogP contribution in [-0.2, 0) is 9.59 Å². The summed E-state index contributed by atoms with van der Waals surface area (Å²) in [4.78, 5) is 53.2. The van der Waals surface area contributed by atoms with Gasteiger partial charge < -0.3 is 25.8 Å². The Balaban J connectivity index is 2.14. The molecule has 0 aliphatic rings. The van der Waals surface area contributed by atoms with Crippen LogP contribution in [0, 0.1) is 17.0 Å². The standard InChI is InChI=1S/C23H24F2N6O6S/c1-11(32)28-17(19(33)29-21(26)30-22(27)31(2)3)10-38-23(36)37-18-7-4-12(8-15(18)20(34)35)14-6-5-13(24)9-16(14)25/h4-9,17H,10H2,1-3H3,(H,28,32)(H,34,35)(H4,26,27,29,30,33)/t17-/m0/s1. The van der Waals surface area contributed by atoms with Crippen LogP contribution in [0.2, 0.25) is 0 Å². The molecule has 0 unspecified atom stereocenters. The molecule has 0 bridgehead atoms. The highest BCUT2D eigenvalue weighted by Crippen LogP contribution is 2.30. The van der Waals surface area contributed by atoms with Crippen LogP contribution in [0.3, 0.4) is 0 Å². The number of nitrogens with two attached hydrogens (primary N) is 1. The van der Waals surface area contributed by atoms with Crippen LogP contribution in [0.4, 0.5) is 13.6 Å². The minimum absolute atomic E-state index is 0.0613. The molecule has 2 amide bonds. The molecular formula is C23H24F2N6O6S. The molecule has 0 spiro atoms. The first-order valence-electron chi connectivity index (χ1n) is 10.6. The fourth-order valence-electron chi connectivity index (χ4n) is 2.83. The van der Waals surface area contributed by atoms with Crippen molar-refractivity contribution in [1.29, 1.82) is 5.41 Å². The van der Waals surface area contributed by atoms with Crippen molar-refractivity contribution in [1.82, 2.24) is 15.5 Å². The number of nitrogens with zero attached hydrogens (tertiary/aromatic N) is 2. The number of benzene rings is 2. The molecule has 202 valence electrons. The lowest BCUT2D eigenvalue weighted by Gasteiger charge is -2.17. The first kappa shape index (κ1) is 29.7. The number of hydrogen-bond donors (Lipinski definition) is 5. The summed E-state index contributed by atoms with van der Waals surface area (Å²) in [5, 5.41) is 20.7. The number of rotatable bonds is 7. The minimum atomic E-state index is -1.48. The number of hydrogen-bond acceptors (Lipinski definition) is 7. The third kappa shape index (κ3) is 8.55. The molecule has 2 rings (SSSR count). The number of carbonyl (C=O) groups excluding carboxylic acids is 3. The Morgan fingerprint density at radius 1 is 1.18 bits per heavy atom. The molecule has 0 aliphatic heterocycles. The summed E-state index contributed by atoms with van der Waals surface area (Å²) >= 11 is 0.458. The molecule has 0 saturated heterocycles. The Labute approximate surface area is 219 Å². The molecule has 12 nitrogen and oxygen atoms in total. The summed E-state index contributed by atoms with van der Waals surface area (Å²) in [6, 6.07) is 5.01. The number of carboxylic acids is 1. The van der Waals surface area contributed by atoms with E-state index in [2.05, 4.69) is 15.6 Å². The number of thioether (sulfide) groups is 1. The van der Waals surface area contributed by atoms with Crippen LogP contribution in [0.15, 0.2) is 41.4 Å². The molecule has 0 aromatic heterocycles. The van der Waals surface area contributed by atoms with Crippen LogP contribution >= 0.6 is 11.8 Å². The first-order chi connectivity index (χ1) is 17.8. The molecule has 38 heavy (non-hydrogen) atoms. The van der Waals surface area contributed by atoms with Crippen molar-refractivity contribution in [2.45, 2.75) is 13.0 Å². The Hall–Kier alpha value is -4.53.